The first kappa shape index (κ1) is 14.6. The number of rotatable bonds is 6. The number of anilines is 1. The summed E-state index contributed by atoms with van der Waals surface area (Å²) in [7, 11) is 2.18. The van der Waals surface area contributed by atoms with Crippen LogP contribution < -0.4 is 4.90 Å². The third-order valence-electron chi connectivity index (χ3n) is 3.43. The maximum Gasteiger partial charge on any atom is 0.0363 e. The molecule has 1 rings (SSSR count). The first-order valence-corrected chi connectivity index (χ1v) is 7.56. The Morgan fingerprint density at radius 3 is 2.18 bits per heavy atom. The average molecular weight is 298 g/mol. The third kappa shape index (κ3) is 4.34. The lowest BCUT2D eigenvalue weighted by Crippen LogP contribution is -2.29. The van der Waals surface area contributed by atoms with Crippen molar-refractivity contribution in [1.29, 1.82) is 0 Å². The molecule has 1 nitrogen and oxygen atoms in total. The minimum absolute atomic E-state index is 0.700. The average Bonchev–Trinajstić information content (AvgIpc) is 2.35. The molecule has 1 aromatic rings. The summed E-state index contributed by atoms with van der Waals surface area (Å²) >= 11 is 3.61. The van der Waals surface area contributed by atoms with Crippen molar-refractivity contribution in [3.05, 3.63) is 29.8 Å². The molecule has 1 aromatic carbocycles. The first-order chi connectivity index (χ1) is 8.08. The van der Waals surface area contributed by atoms with Gasteiger partial charge in [-0.05, 0) is 36.0 Å². The van der Waals surface area contributed by atoms with E-state index >= 15 is 0 Å². The van der Waals surface area contributed by atoms with E-state index in [1.807, 2.05) is 0 Å². The number of benzene rings is 1. The largest absolute Gasteiger partial charge is 0.374 e. The lowest BCUT2D eigenvalue weighted by Gasteiger charge is -2.27. The summed E-state index contributed by atoms with van der Waals surface area (Å²) in [6, 6.07) is 8.91. The van der Waals surface area contributed by atoms with E-state index in [2.05, 4.69) is 72.9 Å². The summed E-state index contributed by atoms with van der Waals surface area (Å²) in [5.41, 5.74) is 2.72. The van der Waals surface area contributed by atoms with E-state index in [-0.39, 0.29) is 0 Å². The van der Waals surface area contributed by atoms with Gasteiger partial charge in [-0.25, -0.2) is 0 Å². The molecule has 0 fully saturated rings. The molecule has 17 heavy (non-hydrogen) atoms. The van der Waals surface area contributed by atoms with Crippen LogP contribution in [0.5, 0.6) is 0 Å². The maximum atomic E-state index is 3.61. The molecule has 0 spiro atoms. The molecule has 0 amide bonds. The number of alkyl halides is 1. The van der Waals surface area contributed by atoms with Gasteiger partial charge >= 0.3 is 0 Å². The minimum Gasteiger partial charge on any atom is -0.374 e. The Bertz CT molecular complexity index is 318. The summed E-state index contributed by atoms with van der Waals surface area (Å²) in [4.78, 5) is 2.35. The molecule has 0 aromatic heterocycles. The monoisotopic (exact) mass is 297 g/mol. The number of hydrogen-bond donors (Lipinski definition) is 0. The second-order valence-electron chi connectivity index (χ2n) is 5.06. The van der Waals surface area contributed by atoms with Crippen molar-refractivity contribution >= 4 is 21.6 Å². The number of halogens is 1. The molecule has 2 heteroatoms. The van der Waals surface area contributed by atoms with Gasteiger partial charge in [0.25, 0.3) is 0 Å². The van der Waals surface area contributed by atoms with Gasteiger partial charge in [-0.2, -0.15) is 0 Å². The molecular formula is C15H24BrN. The van der Waals surface area contributed by atoms with E-state index in [1.165, 1.54) is 11.3 Å². The van der Waals surface area contributed by atoms with Gasteiger partial charge in [0.2, 0.25) is 0 Å². The fourth-order valence-electron chi connectivity index (χ4n) is 1.88. The molecule has 1 atom stereocenters. The van der Waals surface area contributed by atoms with Gasteiger partial charge in [0.15, 0.2) is 0 Å². The fraction of sp³-hybridized carbons (Fsp3) is 0.600. The number of nitrogens with zero attached hydrogens (tertiary/aromatic N) is 1. The summed E-state index contributed by atoms with van der Waals surface area (Å²) in [6.45, 7) is 7.88. The zero-order chi connectivity index (χ0) is 12.8. The molecule has 0 N–H and O–H groups in total. The second kappa shape index (κ2) is 7.05. The minimum atomic E-state index is 0.700. The summed E-state index contributed by atoms with van der Waals surface area (Å²) in [5.74, 6) is 1.41. The smallest absolute Gasteiger partial charge is 0.0363 e. The van der Waals surface area contributed by atoms with Crippen LogP contribution >= 0.6 is 15.9 Å². The van der Waals surface area contributed by atoms with Crippen LogP contribution in [0.25, 0.3) is 0 Å². The standard InChI is InChI=1S/C15H24BrN/c1-5-13-6-8-15(9-7-13)17(4)11-14(10-16)12(2)3/h6-9,12,14H,5,10-11H2,1-4H3. The number of aryl methyl sites for hydroxylation is 1. The molecular weight excluding hydrogens is 274 g/mol. The Morgan fingerprint density at radius 2 is 1.76 bits per heavy atom. The van der Waals surface area contributed by atoms with Crippen LogP contribution in [-0.4, -0.2) is 18.9 Å². The SMILES string of the molecule is CCc1ccc(N(C)CC(CBr)C(C)C)cc1. The predicted octanol–water partition coefficient (Wildman–Crippen LogP) is 4.35. The van der Waals surface area contributed by atoms with Gasteiger partial charge in [0.1, 0.15) is 0 Å². The van der Waals surface area contributed by atoms with Gasteiger partial charge in [0, 0.05) is 24.6 Å². The lowest BCUT2D eigenvalue weighted by molar-refractivity contribution is 0.432. The molecule has 0 heterocycles. The van der Waals surface area contributed by atoms with E-state index in [9.17, 15) is 0 Å². The van der Waals surface area contributed by atoms with Crippen molar-refractivity contribution in [2.75, 3.05) is 23.8 Å². The molecule has 0 aliphatic heterocycles. The van der Waals surface area contributed by atoms with Crippen molar-refractivity contribution in [2.45, 2.75) is 27.2 Å². The molecule has 1 unspecified atom stereocenters. The van der Waals surface area contributed by atoms with Gasteiger partial charge in [-0.3, -0.25) is 0 Å². The molecule has 0 bridgehead atoms. The molecule has 0 radical (unpaired) electrons. The van der Waals surface area contributed by atoms with Gasteiger partial charge in [0.05, 0.1) is 0 Å². The lowest BCUT2D eigenvalue weighted by atomic mass is 9.97. The van der Waals surface area contributed by atoms with Crippen LogP contribution in [0.4, 0.5) is 5.69 Å². The van der Waals surface area contributed by atoms with Crippen LogP contribution in [0.2, 0.25) is 0 Å². The molecule has 96 valence electrons. The Hall–Kier alpha value is -0.500. The molecule has 0 aliphatic rings. The highest BCUT2D eigenvalue weighted by molar-refractivity contribution is 9.09. The van der Waals surface area contributed by atoms with E-state index in [0.717, 1.165) is 18.3 Å². The topological polar surface area (TPSA) is 3.24 Å². The van der Waals surface area contributed by atoms with Crippen molar-refractivity contribution in [3.8, 4) is 0 Å². The van der Waals surface area contributed by atoms with Crippen molar-refractivity contribution in [1.82, 2.24) is 0 Å². The predicted molar refractivity (Wildman–Crippen MR) is 81.2 cm³/mol. The van der Waals surface area contributed by atoms with Crippen LogP contribution in [0, 0.1) is 11.8 Å². The first-order valence-electron chi connectivity index (χ1n) is 6.44. The summed E-state index contributed by atoms with van der Waals surface area (Å²) < 4.78 is 0. The molecule has 0 saturated heterocycles. The van der Waals surface area contributed by atoms with Gasteiger partial charge < -0.3 is 4.90 Å². The summed E-state index contributed by atoms with van der Waals surface area (Å²) in [6.07, 6.45) is 1.11. The normalized spacial score (nSPS) is 12.8. The van der Waals surface area contributed by atoms with E-state index in [4.69, 9.17) is 0 Å². The van der Waals surface area contributed by atoms with Gasteiger partial charge in [-0.15, -0.1) is 0 Å². The van der Waals surface area contributed by atoms with Crippen LogP contribution in [-0.2, 0) is 6.42 Å². The summed E-state index contributed by atoms with van der Waals surface area (Å²) in [5, 5.41) is 1.07. The van der Waals surface area contributed by atoms with Crippen molar-refractivity contribution in [2.24, 2.45) is 11.8 Å². The zero-order valence-corrected chi connectivity index (χ0v) is 13.0. The molecule has 0 aliphatic carbocycles. The number of hydrogen-bond acceptors (Lipinski definition) is 1. The van der Waals surface area contributed by atoms with E-state index < -0.39 is 0 Å². The van der Waals surface area contributed by atoms with Crippen molar-refractivity contribution < 1.29 is 0 Å². The van der Waals surface area contributed by atoms with Gasteiger partial charge in [-0.1, -0.05) is 48.8 Å². The highest BCUT2D eigenvalue weighted by Crippen LogP contribution is 2.20. The maximum absolute atomic E-state index is 3.61. The Labute approximate surface area is 114 Å². The Balaban J connectivity index is 2.65. The third-order valence-corrected chi connectivity index (χ3v) is 4.27. The molecule has 0 saturated carbocycles. The zero-order valence-electron chi connectivity index (χ0n) is 11.4. The highest BCUT2D eigenvalue weighted by atomic mass is 79.9. The highest BCUT2D eigenvalue weighted by Gasteiger charge is 2.14. The Kier molecular flexibility index (Phi) is 6.04. The van der Waals surface area contributed by atoms with Crippen molar-refractivity contribution in [3.63, 3.8) is 0 Å². The van der Waals surface area contributed by atoms with E-state index in [0.29, 0.717) is 11.8 Å². The second-order valence-corrected chi connectivity index (χ2v) is 5.71. The quantitative estimate of drug-likeness (QED) is 0.706. The fourth-order valence-corrected chi connectivity index (χ4v) is 2.83. The van der Waals surface area contributed by atoms with Crippen LogP contribution in [0.3, 0.4) is 0 Å². The van der Waals surface area contributed by atoms with E-state index in [1.54, 1.807) is 0 Å². The van der Waals surface area contributed by atoms with Crippen LogP contribution in [0.15, 0.2) is 24.3 Å². The Morgan fingerprint density at radius 1 is 1.18 bits per heavy atom. The van der Waals surface area contributed by atoms with Crippen LogP contribution in [0.1, 0.15) is 26.3 Å².